The molecule has 0 bridgehead atoms. The Labute approximate surface area is 156 Å². The van der Waals surface area contributed by atoms with Crippen LogP contribution in [0.1, 0.15) is 54.4 Å². The van der Waals surface area contributed by atoms with Crippen molar-refractivity contribution in [2.24, 2.45) is 0 Å². The van der Waals surface area contributed by atoms with Gasteiger partial charge in [0.15, 0.2) is 0 Å². The molecule has 0 atom stereocenters. The second-order valence-corrected chi connectivity index (χ2v) is 6.90. The van der Waals surface area contributed by atoms with E-state index in [1.807, 2.05) is 36.1 Å². The molecule has 2 aromatic rings. The average Bonchev–Trinajstić information content (AvgIpc) is 2.95. The summed E-state index contributed by atoms with van der Waals surface area (Å²) >= 11 is 0. The Kier molecular flexibility index (Phi) is 6.21. The predicted octanol–water partition coefficient (Wildman–Crippen LogP) is 3.83. The molecule has 0 aliphatic carbocycles. The summed E-state index contributed by atoms with van der Waals surface area (Å²) in [5.74, 6) is 0.670. The molecule has 1 saturated heterocycles. The Bertz CT molecular complexity index is 724. The van der Waals surface area contributed by atoms with E-state index in [-0.39, 0.29) is 5.91 Å². The summed E-state index contributed by atoms with van der Waals surface area (Å²) in [5, 5.41) is 0. The van der Waals surface area contributed by atoms with Gasteiger partial charge < -0.3 is 9.80 Å². The molecule has 138 valence electrons. The van der Waals surface area contributed by atoms with E-state index in [1.54, 1.807) is 0 Å². The molecule has 0 unspecified atom stereocenters. The highest BCUT2D eigenvalue weighted by Gasteiger charge is 2.21. The number of hydrogen-bond acceptors (Lipinski definition) is 4. The maximum absolute atomic E-state index is 12.9. The van der Waals surface area contributed by atoms with Crippen LogP contribution in [-0.2, 0) is 6.54 Å². The van der Waals surface area contributed by atoms with Gasteiger partial charge in [-0.1, -0.05) is 43.2 Å². The molecular weight excluding hydrogens is 324 g/mol. The number of amides is 1. The van der Waals surface area contributed by atoms with Crippen LogP contribution in [0.5, 0.6) is 0 Å². The van der Waals surface area contributed by atoms with Crippen LogP contribution in [0, 0.1) is 6.92 Å². The van der Waals surface area contributed by atoms with Crippen LogP contribution < -0.4 is 4.90 Å². The summed E-state index contributed by atoms with van der Waals surface area (Å²) in [6.45, 7) is 7.21. The number of rotatable bonds is 5. The van der Waals surface area contributed by atoms with Gasteiger partial charge in [0, 0.05) is 31.9 Å². The first-order valence-electron chi connectivity index (χ1n) is 9.61. The second-order valence-electron chi connectivity index (χ2n) is 6.90. The maximum atomic E-state index is 12.9. The SMILES string of the molecule is CCN(Cc1ccccc1)c1nc(C)cc(C(=O)N2CCCCCC2)n1. The molecule has 0 saturated carbocycles. The predicted molar refractivity (Wildman–Crippen MR) is 104 cm³/mol. The normalized spacial score (nSPS) is 14.8. The molecule has 5 nitrogen and oxygen atoms in total. The molecule has 3 rings (SSSR count). The zero-order valence-corrected chi connectivity index (χ0v) is 15.8. The largest absolute Gasteiger partial charge is 0.337 e. The van der Waals surface area contributed by atoms with Crippen LogP contribution in [0.15, 0.2) is 36.4 Å². The summed E-state index contributed by atoms with van der Waals surface area (Å²) in [4.78, 5) is 26.2. The van der Waals surface area contributed by atoms with Gasteiger partial charge in [0.25, 0.3) is 5.91 Å². The smallest absolute Gasteiger partial charge is 0.272 e. The van der Waals surface area contributed by atoms with Crippen molar-refractivity contribution in [3.63, 3.8) is 0 Å². The number of aryl methyl sites for hydroxylation is 1. The lowest BCUT2D eigenvalue weighted by atomic mass is 10.2. The number of anilines is 1. The lowest BCUT2D eigenvalue weighted by molar-refractivity contribution is 0.0755. The molecule has 26 heavy (non-hydrogen) atoms. The molecule has 0 radical (unpaired) electrons. The molecule has 2 heterocycles. The van der Waals surface area contributed by atoms with E-state index >= 15 is 0 Å². The molecule has 5 heteroatoms. The maximum Gasteiger partial charge on any atom is 0.272 e. The standard InChI is InChI=1S/C21H28N4O/c1-3-24(16-18-11-7-6-8-12-18)21-22-17(2)15-19(23-21)20(26)25-13-9-4-5-10-14-25/h6-8,11-12,15H,3-5,9-10,13-14,16H2,1-2H3. The zero-order chi connectivity index (χ0) is 18.4. The van der Waals surface area contributed by atoms with Crippen molar-refractivity contribution >= 4 is 11.9 Å². The molecule has 1 aromatic carbocycles. The minimum atomic E-state index is 0.0365. The first-order chi connectivity index (χ1) is 12.7. The number of nitrogens with zero attached hydrogens (tertiary/aromatic N) is 4. The lowest BCUT2D eigenvalue weighted by Crippen LogP contribution is -2.33. The van der Waals surface area contributed by atoms with Gasteiger partial charge in [0.05, 0.1) is 0 Å². The quantitative estimate of drug-likeness (QED) is 0.821. The van der Waals surface area contributed by atoms with E-state index in [9.17, 15) is 4.79 Å². The fourth-order valence-electron chi connectivity index (χ4n) is 3.37. The van der Waals surface area contributed by atoms with Gasteiger partial charge in [-0.05, 0) is 38.3 Å². The Balaban J connectivity index is 1.82. The van der Waals surface area contributed by atoms with Crippen LogP contribution in [0.3, 0.4) is 0 Å². The van der Waals surface area contributed by atoms with Crippen LogP contribution in [0.25, 0.3) is 0 Å². The van der Waals surface area contributed by atoms with Crippen molar-refractivity contribution in [2.75, 3.05) is 24.5 Å². The van der Waals surface area contributed by atoms with Crippen molar-refractivity contribution in [1.82, 2.24) is 14.9 Å². The van der Waals surface area contributed by atoms with Crippen molar-refractivity contribution in [1.29, 1.82) is 0 Å². The molecular formula is C21H28N4O. The van der Waals surface area contributed by atoms with Gasteiger partial charge in [-0.3, -0.25) is 4.79 Å². The molecule has 1 fully saturated rings. The molecule has 1 amide bonds. The fraction of sp³-hybridized carbons (Fsp3) is 0.476. The average molecular weight is 352 g/mol. The molecule has 1 aromatic heterocycles. The highest BCUT2D eigenvalue weighted by Crippen LogP contribution is 2.17. The van der Waals surface area contributed by atoms with E-state index in [0.29, 0.717) is 11.6 Å². The van der Waals surface area contributed by atoms with E-state index in [1.165, 1.54) is 18.4 Å². The van der Waals surface area contributed by atoms with Crippen LogP contribution in [0.2, 0.25) is 0 Å². The lowest BCUT2D eigenvalue weighted by Gasteiger charge is -2.23. The van der Waals surface area contributed by atoms with Crippen LogP contribution >= 0.6 is 0 Å². The number of benzene rings is 1. The first-order valence-corrected chi connectivity index (χ1v) is 9.61. The van der Waals surface area contributed by atoms with Crippen LogP contribution in [0.4, 0.5) is 5.95 Å². The van der Waals surface area contributed by atoms with Crippen molar-refractivity contribution in [2.45, 2.75) is 46.1 Å². The van der Waals surface area contributed by atoms with Gasteiger partial charge in [-0.25, -0.2) is 9.97 Å². The number of likely N-dealkylation sites (tertiary alicyclic amines) is 1. The first kappa shape index (κ1) is 18.4. The minimum Gasteiger partial charge on any atom is -0.337 e. The van der Waals surface area contributed by atoms with Gasteiger partial charge in [0.1, 0.15) is 5.69 Å². The van der Waals surface area contributed by atoms with E-state index in [4.69, 9.17) is 0 Å². The van der Waals surface area contributed by atoms with Gasteiger partial charge in [-0.15, -0.1) is 0 Å². The minimum absolute atomic E-state index is 0.0365. The molecule has 0 N–H and O–H groups in total. The highest BCUT2D eigenvalue weighted by atomic mass is 16.2. The van der Waals surface area contributed by atoms with E-state index in [0.717, 1.165) is 44.7 Å². The zero-order valence-electron chi connectivity index (χ0n) is 15.8. The van der Waals surface area contributed by atoms with Crippen molar-refractivity contribution in [3.8, 4) is 0 Å². The summed E-state index contributed by atoms with van der Waals surface area (Å²) in [7, 11) is 0. The van der Waals surface area contributed by atoms with Crippen molar-refractivity contribution < 1.29 is 4.79 Å². The number of aromatic nitrogens is 2. The Morgan fingerprint density at radius 3 is 2.42 bits per heavy atom. The van der Waals surface area contributed by atoms with Crippen molar-refractivity contribution in [3.05, 3.63) is 53.3 Å². The third-order valence-electron chi connectivity index (χ3n) is 4.84. The summed E-state index contributed by atoms with van der Waals surface area (Å²) in [6, 6.07) is 12.1. The number of carbonyl (C=O) groups is 1. The third kappa shape index (κ3) is 4.59. The topological polar surface area (TPSA) is 49.3 Å². The second kappa shape index (κ2) is 8.79. The molecule has 1 aliphatic heterocycles. The van der Waals surface area contributed by atoms with Gasteiger partial charge in [0.2, 0.25) is 5.95 Å². The Morgan fingerprint density at radius 1 is 1.08 bits per heavy atom. The molecule has 0 spiro atoms. The summed E-state index contributed by atoms with van der Waals surface area (Å²) < 4.78 is 0. The highest BCUT2D eigenvalue weighted by molar-refractivity contribution is 5.92. The summed E-state index contributed by atoms with van der Waals surface area (Å²) in [5.41, 5.74) is 2.56. The summed E-state index contributed by atoms with van der Waals surface area (Å²) in [6.07, 6.45) is 4.58. The number of carbonyl (C=O) groups excluding carboxylic acids is 1. The number of hydrogen-bond donors (Lipinski definition) is 0. The Hall–Kier alpha value is -2.43. The Morgan fingerprint density at radius 2 is 1.77 bits per heavy atom. The monoisotopic (exact) mass is 352 g/mol. The van der Waals surface area contributed by atoms with E-state index in [2.05, 4.69) is 33.9 Å². The molecule has 1 aliphatic rings. The third-order valence-corrected chi connectivity index (χ3v) is 4.84. The van der Waals surface area contributed by atoms with Gasteiger partial charge >= 0.3 is 0 Å². The van der Waals surface area contributed by atoms with Gasteiger partial charge in [-0.2, -0.15) is 0 Å². The van der Waals surface area contributed by atoms with E-state index < -0.39 is 0 Å². The fourth-order valence-corrected chi connectivity index (χ4v) is 3.37. The van der Waals surface area contributed by atoms with Crippen LogP contribution in [-0.4, -0.2) is 40.4 Å².